The first kappa shape index (κ1) is 11.8. The summed E-state index contributed by atoms with van der Waals surface area (Å²) in [4.78, 5) is 12.7. The first-order valence-electron chi connectivity index (χ1n) is 5.46. The van der Waals surface area contributed by atoms with Gasteiger partial charge in [0, 0.05) is 20.0 Å². The number of aliphatic hydroxyl groups is 3. The third-order valence-corrected chi connectivity index (χ3v) is 3.34. The van der Waals surface area contributed by atoms with Gasteiger partial charge in [-0.15, -0.1) is 0 Å². The Balaban J connectivity index is 2.10. The molecule has 0 aromatic heterocycles. The van der Waals surface area contributed by atoms with Crippen LogP contribution in [0.2, 0.25) is 0 Å². The summed E-state index contributed by atoms with van der Waals surface area (Å²) >= 11 is 0. The van der Waals surface area contributed by atoms with Crippen molar-refractivity contribution < 1.29 is 24.9 Å². The van der Waals surface area contributed by atoms with E-state index in [4.69, 9.17) is 4.74 Å². The Hall–Kier alpha value is -0.690. The zero-order valence-corrected chi connectivity index (χ0v) is 9.11. The van der Waals surface area contributed by atoms with Gasteiger partial charge in [-0.3, -0.25) is 9.69 Å². The number of esters is 1. The molecule has 16 heavy (non-hydrogen) atoms. The van der Waals surface area contributed by atoms with Gasteiger partial charge in [-0.25, -0.2) is 0 Å². The molecule has 2 rings (SSSR count). The molecule has 6 nitrogen and oxygen atoms in total. The van der Waals surface area contributed by atoms with E-state index in [-0.39, 0.29) is 5.97 Å². The normalized spacial score (nSPS) is 44.1. The quantitative estimate of drug-likeness (QED) is 0.456. The van der Waals surface area contributed by atoms with E-state index in [1.807, 2.05) is 4.90 Å². The highest BCUT2D eigenvalue weighted by molar-refractivity contribution is 5.66. The van der Waals surface area contributed by atoms with Crippen molar-refractivity contribution in [3.05, 3.63) is 0 Å². The maximum absolute atomic E-state index is 10.9. The van der Waals surface area contributed by atoms with E-state index in [1.165, 1.54) is 6.92 Å². The number of hydrogen-bond acceptors (Lipinski definition) is 6. The van der Waals surface area contributed by atoms with Crippen LogP contribution in [0, 0.1) is 0 Å². The minimum Gasteiger partial charge on any atom is -0.461 e. The second-order valence-corrected chi connectivity index (χ2v) is 4.47. The third-order valence-electron chi connectivity index (χ3n) is 3.34. The van der Waals surface area contributed by atoms with Gasteiger partial charge < -0.3 is 20.1 Å². The average molecular weight is 231 g/mol. The van der Waals surface area contributed by atoms with Crippen molar-refractivity contribution >= 4 is 5.97 Å². The zero-order chi connectivity index (χ0) is 11.9. The molecule has 0 bridgehead atoms. The minimum absolute atomic E-state index is 0.306. The monoisotopic (exact) mass is 231 g/mol. The van der Waals surface area contributed by atoms with Crippen LogP contribution in [-0.4, -0.2) is 69.7 Å². The van der Waals surface area contributed by atoms with E-state index in [0.717, 1.165) is 0 Å². The molecule has 0 spiro atoms. The lowest BCUT2D eigenvalue weighted by atomic mass is 9.93. The number of nitrogens with zero attached hydrogens (tertiary/aromatic N) is 1. The van der Waals surface area contributed by atoms with Crippen LogP contribution < -0.4 is 0 Å². The Kier molecular flexibility index (Phi) is 3.16. The average Bonchev–Trinajstić information content (AvgIpc) is 2.57. The highest BCUT2D eigenvalue weighted by Crippen LogP contribution is 2.30. The summed E-state index contributed by atoms with van der Waals surface area (Å²) in [5.74, 6) is -0.389. The summed E-state index contributed by atoms with van der Waals surface area (Å²) in [5.41, 5.74) is 0. The molecule has 2 fully saturated rings. The van der Waals surface area contributed by atoms with E-state index in [1.54, 1.807) is 0 Å². The number of fused-ring (bicyclic) bond motifs is 1. The lowest BCUT2D eigenvalue weighted by molar-refractivity contribution is -0.163. The van der Waals surface area contributed by atoms with E-state index in [2.05, 4.69) is 0 Å². The van der Waals surface area contributed by atoms with E-state index < -0.39 is 30.5 Å². The van der Waals surface area contributed by atoms with Crippen molar-refractivity contribution in [3.63, 3.8) is 0 Å². The molecule has 0 aromatic carbocycles. The molecule has 0 aromatic rings. The summed E-state index contributed by atoms with van der Waals surface area (Å²) in [6.07, 6.45) is -2.95. The smallest absolute Gasteiger partial charge is 0.302 e. The van der Waals surface area contributed by atoms with Crippen LogP contribution in [0.3, 0.4) is 0 Å². The Morgan fingerprint density at radius 3 is 2.62 bits per heavy atom. The van der Waals surface area contributed by atoms with E-state index in [9.17, 15) is 20.1 Å². The zero-order valence-electron chi connectivity index (χ0n) is 9.11. The molecule has 2 aliphatic rings. The van der Waals surface area contributed by atoms with Crippen LogP contribution in [0.4, 0.5) is 0 Å². The fraction of sp³-hybridized carbons (Fsp3) is 0.900. The second-order valence-electron chi connectivity index (χ2n) is 4.47. The lowest BCUT2D eigenvalue weighted by Gasteiger charge is -2.41. The molecule has 2 heterocycles. The van der Waals surface area contributed by atoms with Crippen molar-refractivity contribution in [2.24, 2.45) is 0 Å². The first-order chi connectivity index (χ1) is 7.50. The maximum atomic E-state index is 10.9. The molecule has 0 unspecified atom stereocenters. The van der Waals surface area contributed by atoms with Crippen LogP contribution in [0.1, 0.15) is 13.3 Å². The Bertz CT molecular complexity index is 284. The van der Waals surface area contributed by atoms with E-state index >= 15 is 0 Å². The predicted molar refractivity (Wildman–Crippen MR) is 53.6 cm³/mol. The van der Waals surface area contributed by atoms with Gasteiger partial charge in [-0.2, -0.15) is 0 Å². The van der Waals surface area contributed by atoms with Crippen molar-refractivity contribution in [2.75, 3.05) is 13.1 Å². The van der Waals surface area contributed by atoms with Gasteiger partial charge in [0.15, 0.2) is 0 Å². The Labute approximate surface area is 93.4 Å². The molecule has 0 aliphatic carbocycles. The fourth-order valence-electron chi connectivity index (χ4n) is 2.62. The van der Waals surface area contributed by atoms with Crippen molar-refractivity contribution in [1.29, 1.82) is 0 Å². The number of carbonyl (C=O) groups excluding carboxylic acids is 1. The standard InChI is InChI=1S/C10H17NO5/c1-5(12)16-7-2-3-11-4-6(13)9(14)10(15)8(7)11/h6-10,13-15H,2-4H2,1H3/t6-,7-,8+,9+,10+/m0/s1. The van der Waals surface area contributed by atoms with Crippen molar-refractivity contribution in [1.82, 2.24) is 4.90 Å². The number of piperidine rings is 1. The Morgan fingerprint density at radius 1 is 1.31 bits per heavy atom. The largest absolute Gasteiger partial charge is 0.461 e. The molecule has 3 N–H and O–H groups in total. The molecule has 6 heteroatoms. The lowest BCUT2D eigenvalue weighted by Crippen LogP contribution is -2.61. The van der Waals surface area contributed by atoms with Gasteiger partial charge in [0.2, 0.25) is 0 Å². The molecular weight excluding hydrogens is 214 g/mol. The number of ether oxygens (including phenoxy) is 1. The van der Waals surface area contributed by atoms with Crippen LogP contribution in [0.25, 0.3) is 0 Å². The van der Waals surface area contributed by atoms with Crippen LogP contribution in [-0.2, 0) is 9.53 Å². The van der Waals surface area contributed by atoms with Gasteiger partial charge in [-0.1, -0.05) is 0 Å². The van der Waals surface area contributed by atoms with Gasteiger partial charge in [0.05, 0.1) is 12.1 Å². The van der Waals surface area contributed by atoms with Crippen molar-refractivity contribution in [3.8, 4) is 0 Å². The molecule has 0 amide bonds. The molecule has 0 saturated carbocycles. The van der Waals surface area contributed by atoms with Gasteiger partial charge >= 0.3 is 5.97 Å². The number of hydrogen-bond donors (Lipinski definition) is 3. The SMILES string of the molecule is CC(=O)O[C@H]1CCN2C[C@H](O)[C@@H](O)[C@H](O)[C@@H]12. The summed E-state index contributed by atoms with van der Waals surface area (Å²) < 4.78 is 5.10. The Morgan fingerprint density at radius 2 is 2.00 bits per heavy atom. The molecular formula is C10H17NO5. The molecule has 2 aliphatic heterocycles. The predicted octanol–water partition coefficient (Wildman–Crippen LogP) is -1.91. The molecule has 92 valence electrons. The molecule has 5 atom stereocenters. The fourth-order valence-corrected chi connectivity index (χ4v) is 2.62. The number of rotatable bonds is 1. The van der Waals surface area contributed by atoms with E-state index in [0.29, 0.717) is 19.5 Å². The van der Waals surface area contributed by atoms with Crippen LogP contribution in [0.5, 0.6) is 0 Å². The van der Waals surface area contributed by atoms with Gasteiger partial charge in [0.1, 0.15) is 18.3 Å². The molecule has 2 saturated heterocycles. The highest BCUT2D eigenvalue weighted by atomic mass is 16.5. The minimum atomic E-state index is -1.17. The highest BCUT2D eigenvalue weighted by Gasteiger charge is 2.49. The summed E-state index contributed by atoms with van der Waals surface area (Å²) in [6, 6.07) is -0.401. The van der Waals surface area contributed by atoms with Gasteiger partial charge in [0.25, 0.3) is 0 Å². The number of aliphatic hydroxyl groups excluding tert-OH is 3. The second kappa shape index (κ2) is 4.29. The van der Waals surface area contributed by atoms with Crippen LogP contribution in [0.15, 0.2) is 0 Å². The molecule has 0 radical (unpaired) electrons. The number of carbonyl (C=O) groups is 1. The van der Waals surface area contributed by atoms with Crippen LogP contribution >= 0.6 is 0 Å². The maximum Gasteiger partial charge on any atom is 0.302 e. The summed E-state index contributed by atoms with van der Waals surface area (Å²) in [5, 5.41) is 28.9. The summed E-state index contributed by atoms with van der Waals surface area (Å²) in [7, 11) is 0. The third kappa shape index (κ3) is 1.93. The first-order valence-corrected chi connectivity index (χ1v) is 5.46. The summed E-state index contributed by atoms with van der Waals surface area (Å²) in [6.45, 7) is 2.28. The van der Waals surface area contributed by atoms with Crippen molar-refractivity contribution in [2.45, 2.75) is 43.8 Å². The topological polar surface area (TPSA) is 90.2 Å². The van der Waals surface area contributed by atoms with Gasteiger partial charge in [-0.05, 0) is 6.42 Å².